The predicted octanol–water partition coefficient (Wildman–Crippen LogP) is 2.43. The van der Waals surface area contributed by atoms with Crippen molar-refractivity contribution in [2.45, 2.75) is 25.7 Å². The van der Waals surface area contributed by atoms with Gasteiger partial charge in [-0.2, -0.15) is 20.1 Å². The summed E-state index contributed by atoms with van der Waals surface area (Å²) in [6.45, 7) is 3.78. The normalized spacial score (nSPS) is 16.9. The first-order valence-electron chi connectivity index (χ1n) is 9.48. The Morgan fingerprint density at radius 1 is 1.00 bits per heavy atom. The van der Waals surface area contributed by atoms with Crippen LogP contribution in [0.3, 0.4) is 0 Å². The van der Waals surface area contributed by atoms with E-state index in [0.29, 0.717) is 23.4 Å². The van der Waals surface area contributed by atoms with Crippen molar-refractivity contribution in [1.82, 2.24) is 15.0 Å². The lowest BCUT2D eigenvalue weighted by Gasteiger charge is -2.20. The van der Waals surface area contributed by atoms with Crippen molar-refractivity contribution in [3.63, 3.8) is 0 Å². The zero-order valence-electron chi connectivity index (χ0n) is 15.5. The molecule has 0 amide bonds. The molecule has 4 rings (SSSR count). The van der Waals surface area contributed by atoms with Crippen LogP contribution in [0.15, 0.2) is 29.4 Å². The van der Waals surface area contributed by atoms with E-state index in [1.54, 1.807) is 12.1 Å². The van der Waals surface area contributed by atoms with E-state index in [9.17, 15) is 10.1 Å². The first kappa shape index (κ1) is 18.1. The third-order valence-electron chi connectivity index (χ3n) is 4.85. The highest BCUT2D eigenvalue weighted by Crippen LogP contribution is 2.22. The van der Waals surface area contributed by atoms with Gasteiger partial charge in [-0.05, 0) is 25.7 Å². The maximum atomic E-state index is 10.9. The smallest absolute Gasteiger partial charge is 0.270 e. The summed E-state index contributed by atoms with van der Waals surface area (Å²) >= 11 is 0. The fraction of sp³-hybridized carbons (Fsp3) is 0.444. The van der Waals surface area contributed by atoms with Crippen molar-refractivity contribution in [2.24, 2.45) is 5.10 Å². The largest absolute Gasteiger partial charge is 0.341 e. The molecule has 2 aliphatic rings. The van der Waals surface area contributed by atoms with Crippen LogP contribution in [-0.4, -0.2) is 52.3 Å². The monoisotopic (exact) mass is 382 g/mol. The number of benzene rings is 1. The molecule has 10 heteroatoms. The Kier molecular flexibility index (Phi) is 5.27. The number of hydrogen-bond acceptors (Lipinski definition) is 9. The first-order chi connectivity index (χ1) is 13.7. The van der Waals surface area contributed by atoms with Gasteiger partial charge in [0.1, 0.15) is 0 Å². The molecule has 1 N–H and O–H groups in total. The summed E-state index contributed by atoms with van der Waals surface area (Å²) in [6, 6.07) is 6.28. The fourth-order valence-electron chi connectivity index (χ4n) is 3.40. The Labute approximate surface area is 162 Å². The molecular formula is C18H22N8O2. The second kappa shape index (κ2) is 8.15. The molecule has 0 saturated carbocycles. The standard InChI is InChI=1S/C18H22N8O2/c27-26(28)15-7-5-6-14(12-15)13-19-23-16-20-17(24-8-1-2-9-24)22-18(21-16)25-10-3-4-11-25/h5-7,12-13H,1-4,8-11H2,(H,20,21,22,23)/b19-13-. The number of aromatic nitrogens is 3. The second-order valence-electron chi connectivity index (χ2n) is 6.87. The van der Waals surface area contributed by atoms with Crippen LogP contribution >= 0.6 is 0 Å². The fourth-order valence-corrected chi connectivity index (χ4v) is 3.40. The topological polar surface area (TPSA) is 113 Å². The van der Waals surface area contributed by atoms with Crippen LogP contribution < -0.4 is 15.2 Å². The van der Waals surface area contributed by atoms with Crippen LogP contribution in [0.4, 0.5) is 23.5 Å². The van der Waals surface area contributed by atoms with E-state index < -0.39 is 4.92 Å². The number of anilines is 3. The van der Waals surface area contributed by atoms with E-state index in [4.69, 9.17) is 0 Å². The third-order valence-corrected chi connectivity index (χ3v) is 4.85. The van der Waals surface area contributed by atoms with Crippen LogP contribution in [0.25, 0.3) is 0 Å². The maximum Gasteiger partial charge on any atom is 0.270 e. The molecule has 0 unspecified atom stereocenters. The van der Waals surface area contributed by atoms with Crippen molar-refractivity contribution in [3.05, 3.63) is 39.9 Å². The Morgan fingerprint density at radius 2 is 1.61 bits per heavy atom. The number of hydrazone groups is 1. The Balaban J connectivity index is 1.54. The molecule has 3 heterocycles. The molecule has 28 heavy (non-hydrogen) atoms. The van der Waals surface area contributed by atoms with Crippen molar-refractivity contribution < 1.29 is 4.92 Å². The quantitative estimate of drug-likeness (QED) is 0.460. The lowest BCUT2D eigenvalue weighted by atomic mass is 10.2. The SMILES string of the molecule is O=[N+]([O-])c1cccc(/C=N\Nc2nc(N3CCCC3)nc(N3CCCC3)n2)c1. The second-order valence-corrected chi connectivity index (χ2v) is 6.87. The molecular weight excluding hydrogens is 360 g/mol. The van der Waals surface area contributed by atoms with Gasteiger partial charge in [0.25, 0.3) is 5.69 Å². The molecule has 1 aromatic carbocycles. The van der Waals surface area contributed by atoms with Gasteiger partial charge in [-0.15, -0.1) is 0 Å². The van der Waals surface area contributed by atoms with Crippen LogP contribution in [0.1, 0.15) is 31.2 Å². The summed E-state index contributed by atoms with van der Waals surface area (Å²) in [5, 5.41) is 15.0. The summed E-state index contributed by atoms with van der Waals surface area (Å²) in [6.07, 6.45) is 6.07. The number of nitrogens with one attached hydrogen (secondary N) is 1. The summed E-state index contributed by atoms with van der Waals surface area (Å²) in [5.74, 6) is 1.71. The van der Waals surface area contributed by atoms with Gasteiger partial charge in [-0.1, -0.05) is 12.1 Å². The van der Waals surface area contributed by atoms with E-state index in [1.807, 2.05) is 0 Å². The van der Waals surface area contributed by atoms with Gasteiger partial charge in [-0.3, -0.25) is 10.1 Å². The molecule has 1 aromatic heterocycles. The average molecular weight is 382 g/mol. The molecule has 0 atom stereocenters. The maximum absolute atomic E-state index is 10.9. The van der Waals surface area contributed by atoms with Crippen molar-refractivity contribution in [2.75, 3.05) is 41.4 Å². The van der Waals surface area contributed by atoms with Gasteiger partial charge in [-0.25, -0.2) is 5.43 Å². The van der Waals surface area contributed by atoms with E-state index in [2.05, 4.69) is 35.3 Å². The van der Waals surface area contributed by atoms with Crippen LogP contribution in [0.5, 0.6) is 0 Å². The molecule has 10 nitrogen and oxygen atoms in total. The van der Waals surface area contributed by atoms with Gasteiger partial charge in [0.15, 0.2) is 0 Å². The highest BCUT2D eigenvalue weighted by atomic mass is 16.6. The molecule has 0 radical (unpaired) electrons. The summed E-state index contributed by atoms with van der Waals surface area (Å²) in [4.78, 5) is 28.5. The molecule has 0 bridgehead atoms. The number of nitro benzene ring substituents is 1. The minimum absolute atomic E-state index is 0.0248. The van der Waals surface area contributed by atoms with Gasteiger partial charge in [0, 0.05) is 43.9 Å². The Bertz CT molecular complexity index is 841. The molecule has 0 spiro atoms. The van der Waals surface area contributed by atoms with E-state index in [1.165, 1.54) is 18.3 Å². The molecule has 2 saturated heterocycles. The molecule has 0 aliphatic carbocycles. The molecule has 146 valence electrons. The summed E-state index contributed by atoms with van der Waals surface area (Å²) < 4.78 is 0. The average Bonchev–Trinajstić information content (AvgIpc) is 3.42. The number of nitrogens with zero attached hydrogens (tertiary/aromatic N) is 7. The number of nitro groups is 1. The number of non-ortho nitro benzene ring substituents is 1. The summed E-state index contributed by atoms with van der Waals surface area (Å²) in [5.41, 5.74) is 3.50. The van der Waals surface area contributed by atoms with E-state index in [-0.39, 0.29) is 5.69 Å². The zero-order chi connectivity index (χ0) is 19.3. The molecule has 2 fully saturated rings. The predicted molar refractivity (Wildman–Crippen MR) is 107 cm³/mol. The van der Waals surface area contributed by atoms with Crippen molar-refractivity contribution in [3.8, 4) is 0 Å². The molecule has 2 aromatic rings. The minimum atomic E-state index is -0.429. The van der Waals surface area contributed by atoms with Crippen LogP contribution in [0.2, 0.25) is 0 Å². The van der Waals surface area contributed by atoms with Crippen molar-refractivity contribution >= 4 is 29.7 Å². The van der Waals surface area contributed by atoms with Gasteiger partial charge in [0.2, 0.25) is 17.8 Å². The van der Waals surface area contributed by atoms with Gasteiger partial charge < -0.3 is 9.80 Å². The Hall–Kier alpha value is -3.30. The minimum Gasteiger partial charge on any atom is -0.341 e. The highest BCUT2D eigenvalue weighted by molar-refractivity contribution is 5.81. The third kappa shape index (κ3) is 4.16. The van der Waals surface area contributed by atoms with Crippen LogP contribution in [-0.2, 0) is 0 Å². The van der Waals surface area contributed by atoms with Gasteiger partial charge in [0.05, 0.1) is 11.1 Å². The zero-order valence-corrected chi connectivity index (χ0v) is 15.5. The van der Waals surface area contributed by atoms with Crippen LogP contribution in [0, 0.1) is 10.1 Å². The van der Waals surface area contributed by atoms with E-state index >= 15 is 0 Å². The number of hydrogen-bond donors (Lipinski definition) is 1. The summed E-state index contributed by atoms with van der Waals surface area (Å²) in [7, 11) is 0. The highest BCUT2D eigenvalue weighted by Gasteiger charge is 2.21. The lowest BCUT2D eigenvalue weighted by molar-refractivity contribution is -0.384. The van der Waals surface area contributed by atoms with Gasteiger partial charge >= 0.3 is 0 Å². The molecule has 2 aliphatic heterocycles. The number of rotatable bonds is 6. The van der Waals surface area contributed by atoms with E-state index in [0.717, 1.165) is 51.9 Å². The Morgan fingerprint density at radius 3 is 2.18 bits per heavy atom. The lowest BCUT2D eigenvalue weighted by Crippen LogP contribution is -2.25. The van der Waals surface area contributed by atoms with Crippen molar-refractivity contribution in [1.29, 1.82) is 0 Å². The first-order valence-corrected chi connectivity index (χ1v) is 9.48.